The molecule has 0 aliphatic carbocycles. The van der Waals surface area contributed by atoms with E-state index in [1.165, 1.54) is 13.2 Å². The van der Waals surface area contributed by atoms with Crippen LogP contribution in [-0.4, -0.2) is 22.6 Å². The number of halogens is 1. The van der Waals surface area contributed by atoms with Crippen LogP contribution in [-0.2, 0) is 6.42 Å². The molecule has 0 aliphatic heterocycles. The first-order valence-electron chi connectivity index (χ1n) is 6.52. The second kappa shape index (κ2) is 6.62. The molecule has 0 radical (unpaired) electrons. The zero-order chi connectivity index (χ0) is 15.4. The molecule has 5 nitrogen and oxygen atoms in total. The summed E-state index contributed by atoms with van der Waals surface area (Å²) in [5, 5.41) is 6.73. The van der Waals surface area contributed by atoms with Gasteiger partial charge >= 0.3 is 0 Å². The van der Waals surface area contributed by atoms with Gasteiger partial charge in [-0.25, -0.2) is 4.39 Å². The molecule has 1 atom stereocenters. The summed E-state index contributed by atoms with van der Waals surface area (Å²) in [6.45, 7) is 3.70. The lowest BCUT2D eigenvalue weighted by Crippen LogP contribution is -2.26. The largest absolute Gasteiger partial charge is 0.494 e. The first-order chi connectivity index (χ1) is 10.1. The van der Waals surface area contributed by atoms with Crippen molar-refractivity contribution < 1.29 is 13.9 Å². The van der Waals surface area contributed by atoms with Crippen LogP contribution in [0.3, 0.4) is 0 Å². The quantitative estimate of drug-likeness (QED) is 0.922. The van der Waals surface area contributed by atoms with Gasteiger partial charge in [-0.2, -0.15) is 0 Å². The lowest BCUT2D eigenvalue weighted by molar-refractivity contribution is 0.0943. The van der Waals surface area contributed by atoms with Crippen LogP contribution in [0.1, 0.15) is 40.8 Å². The van der Waals surface area contributed by atoms with E-state index in [9.17, 15) is 9.18 Å². The van der Waals surface area contributed by atoms with E-state index < -0.39 is 5.82 Å². The number of rotatable bonds is 5. The van der Waals surface area contributed by atoms with E-state index in [1.54, 1.807) is 19.1 Å². The smallest absolute Gasteiger partial charge is 0.265 e. The summed E-state index contributed by atoms with van der Waals surface area (Å²) in [6, 6.07) is 4.29. The molecule has 1 aromatic heterocycles. The summed E-state index contributed by atoms with van der Waals surface area (Å²) in [4.78, 5) is 12.7. The highest BCUT2D eigenvalue weighted by atomic mass is 32.1. The molecule has 2 aromatic rings. The fraction of sp³-hybridized carbons (Fsp3) is 0.357. The number of carbonyl (C=O) groups is 1. The van der Waals surface area contributed by atoms with Gasteiger partial charge in [0.15, 0.2) is 11.6 Å². The van der Waals surface area contributed by atoms with Crippen molar-refractivity contribution in [2.75, 3.05) is 7.11 Å². The highest BCUT2D eigenvalue weighted by Gasteiger charge is 2.18. The number of carbonyl (C=O) groups excluding carboxylic acids is 1. The Balaban J connectivity index is 2.12. The Hall–Kier alpha value is -2.02. The molecule has 1 N–H and O–H groups in total. The van der Waals surface area contributed by atoms with Gasteiger partial charge in [0.1, 0.15) is 4.88 Å². The molecule has 1 heterocycles. The van der Waals surface area contributed by atoms with Crippen molar-refractivity contribution in [3.05, 3.63) is 40.2 Å². The highest BCUT2D eigenvalue weighted by molar-refractivity contribution is 7.08. The molecule has 1 amide bonds. The standard InChI is InChI=1S/C14H16FN3O2S/c1-4-11-13(21-18-17-11)14(19)16-8(2)9-5-6-12(20-3)10(15)7-9/h5-8H,4H2,1-3H3,(H,16,19). The van der Waals surface area contributed by atoms with E-state index in [0.717, 1.165) is 11.5 Å². The van der Waals surface area contributed by atoms with Crippen molar-refractivity contribution in [2.24, 2.45) is 0 Å². The molecule has 0 bridgehead atoms. The minimum Gasteiger partial charge on any atom is -0.494 e. The Kier molecular flexibility index (Phi) is 4.85. The van der Waals surface area contributed by atoms with E-state index >= 15 is 0 Å². The third-order valence-electron chi connectivity index (χ3n) is 3.12. The van der Waals surface area contributed by atoms with Gasteiger partial charge < -0.3 is 10.1 Å². The molecular weight excluding hydrogens is 293 g/mol. The maximum Gasteiger partial charge on any atom is 0.265 e. The number of hydrogen-bond acceptors (Lipinski definition) is 5. The van der Waals surface area contributed by atoms with Crippen molar-refractivity contribution in [1.29, 1.82) is 0 Å². The molecule has 0 saturated heterocycles. The van der Waals surface area contributed by atoms with Crippen LogP contribution in [0.15, 0.2) is 18.2 Å². The van der Waals surface area contributed by atoms with Crippen molar-refractivity contribution >= 4 is 17.4 Å². The molecule has 2 rings (SSSR count). The molecule has 112 valence electrons. The van der Waals surface area contributed by atoms with E-state index in [1.807, 2.05) is 6.92 Å². The first-order valence-corrected chi connectivity index (χ1v) is 7.29. The van der Waals surface area contributed by atoms with Gasteiger partial charge in [0.2, 0.25) is 0 Å². The van der Waals surface area contributed by atoms with Crippen LogP contribution in [0.5, 0.6) is 5.75 Å². The third-order valence-corrected chi connectivity index (χ3v) is 3.89. The zero-order valence-corrected chi connectivity index (χ0v) is 12.8. The fourth-order valence-electron chi connectivity index (χ4n) is 1.91. The van der Waals surface area contributed by atoms with Crippen LogP contribution in [0, 0.1) is 5.82 Å². The number of hydrogen-bond donors (Lipinski definition) is 1. The van der Waals surface area contributed by atoms with Gasteiger partial charge in [0.25, 0.3) is 5.91 Å². The maximum atomic E-state index is 13.7. The van der Waals surface area contributed by atoms with Gasteiger partial charge in [-0.1, -0.05) is 17.5 Å². The van der Waals surface area contributed by atoms with Crippen molar-refractivity contribution in [1.82, 2.24) is 14.9 Å². The number of nitrogens with one attached hydrogen (secondary N) is 1. The minimum atomic E-state index is -0.454. The zero-order valence-electron chi connectivity index (χ0n) is 12.0. The maximum absolute atomic E-state index is 13.7. The SMILES string of the molecule is CCc1nnsc1C(=O)NC(C)c1ccc(OC)c(F)c1. The Labute approximate surface area is 126 Å². The molecule has 0 fully saturated rings. The first kappa shape index (κ1) is 15.4. The molecule has 1 aromatic carbocycles. The highest BCUT2D eigenvalue weighted by Crippen LogP contribution is 2.22. The Morgan fingerprint density at radius 3 is 2.90 bits per heavy atom. The molecule has 0 aliphatic rings. The summed E-state index contributed by atoms with van der Waals surface area (Å²) < 4.78 is 22.3. The average molecular weight is 309 g/mol. The van der Waals surface area contributed by atoms with Crippen LogP contribution in [0.2, 0.25) is 0 Å². The minimum absolute atomic E-state index is 0.178. The fourth-order valence-corrected chi connectivity index (χ4v) is 2.56. The number of nitrogens with zero attached hydrogens (tertiary/aromatic N) is 2. The normalized spacial score (nSPS) is 12.0. The predicted octanol–water partition coefficient (Wildman–Crippen LogP) is 2.74. The number of methoxy groups -OCH3 is 1. The molecule has 0 spiro atoms. The average Bonchev–Trinajstić information content (AvgIpc) is 2.95. The predicted molar refractivity (Wildman–Crippen MR) is 78.1 cm³/mol. The second-order valence-electron chi connectivity index (χ2n) is 4.49. The summed E-state index contributed by atoms with van der Waals surface area (Å²) in [5.74, 6) is -0.521. The van der Waals surface area contributed by atoms with Crippen molar-refractivity contribution in [3.63, 3.8) is 0 Å². The lowest BCUT2D eigenvalue weighted by atomic mass is 10.1. The number of ether oxygens (including phenoxy) is 1. The Bertz CT molecular complexity index is 645. The van der Waals surface area contributed by atoms with Gasteiger partial charge in [0, 0.05) is 0 Å². The molecule has 1 unspecified atom stereocenters. The lowest BCUT2D eigenvalue weighted by Gasteiger charge is -2.14. The van der Waals surface area contributed by atoms with Crippen LogP contribution < -0.4 is 10.1 Å². The summed E-state index contributed by atoms with van der Waals surface area (Å²) in [5.41, 5.74) is 1.34. The summed E-state index contributed by atoms with van der Waals surface area (Å²) in [7, 11) is 1.41. The molecular formula is C14H16FN3O2S. The molecule has 7 heteroatoms. The number of benzene rings is 1. The van der Waals surface area contributed by atoms with Crippen molar-refractivity contribution in [2.45, 2.75) is 26.3 Å². The molecule has 0 saturated carbocycles. The number of aryl methyl sites for hydroxylation is 1. The van der Waals surface area contributed by atoms with E-state index in [-0.39, 0.29) is 17.7 Å². The van der Waals surface area contributed by atoms with E-state index in [0.29, 0.717) is 22.6 Å². The number of amides is 1. The van der Waals surface area contributed by atoms with E-state index in [2.05, 4.69) is 14.9 Å². The van der Waals surface area contributed by atoms with Gasteiger partial charge in [-0.05, 0) is 42.6 Å². The van der Waals surface area contributed by atoms with Gasteiger partial charge in [-0.3, -0.25) is 4.79 Å². The van der Waals surface area contributed by atoms with Crippen molar-refractivity contribution in [3.8, 4) is 5.75 Å². The topological polar surface area (TPSA) is 64.1 Å². The van der Waals surface area contributed by atoms with Crippen LogP contribution in [0.25, 0.3) is 0 Å². The monoisotopic (exact) mass is 309 g/mol. The second-order valence-corrected chi connectivity index (χ2v) is 5.25. The third kappa shape index (κ3) is 3.36. The van der Waals surface area contributed by atoms with E-state index in [4.69, 9.17) is 4.74 Å². The van der Waals surface area contributed by atoms with Gasteiger partial charge in [-0.15, -0.1) is 5.10 Å². The summed E-state index contributed by atoms with van der Waals surface area (Å²) >= 11 is 1.06. The summed E-state index contributed by atoms with van der Waals surface area (Å²) in [6.07, 6.45) is 0.644. The van der Waals surface area contributed by atoms with Crippen LogP contribution >= 0.6 is 11.5 Å². The Morgan fingerprint density at radius 2 is 2.29 bits per heavy atom. The van der Waals surface area contributed by atoms with Crippen LogP contribution in [0.4, 0.5) is 4.39 Å². The van der Waals surface area contributed by atoms with Gasteiger partial charge in [0.05, 0.1) is 18.8 Å². The Morgan fingerprint density at radius 1 is 1.52 bits per heavy atom. The number of aromatic nitrogens is 2. The molecule has 21 heavy (non-hydrogen) atoms.